The maximum absolute atomic E-state index is 13.7. The van der Waals surface area contributed by atoms with Crippen molar-refractivity contribution in [3.05, 3.63) is 94.3 Å². The van der Waals surface area contributed by atoms with Crippen molar-refractivity contribution in [3.8, 4) is 11.1 Å². The molecule has 0 radical (unpaired) electrons. The zero-order chi connectivity index (χ0) is 37.5. The Labute approximate surface area is 320 Å². The maximum atomic E-state index is 13.7. The van der Waals surface area contributed by atoms with Crippen LogP contribution < -0.4 is 10.6 Å². The first kappa shape index (κ1) is 36.2. The van der Waals surface area contributed by atoms with E-state index in [1.54, 1.807) is 0 Å². The lowest BCUT2D eigenvalue weighted by Gasteiger charge is -2.37. The van der Waals surface area contributed by atoms with Crippen LogP contribution in [0.25, 0.3) is 22.0 Å². The van der Waals surface area contributed by atoms with Gasteiger partial charge >= 0.3 is 5.97 Å². The number of hydrogen-bond donors (Lipinski definition) is 3. The molecule has 1 aliphatic carbocycles. The molecule has 1 saturated carbocycles. The lowest BCUT2D eigenvalue weighted by atomic mass is 9.85. The quantitative estimate of drug-likeness (QED) is 0.138. The number of amides is 1. The Morgan fingerprint density at radius 1 is 0.981 bits per heavy atom. The van der Waals surface area contributed by atoms with Gasteiger partial charge in [0, 0.05) is 80.4 Å². The number of imidazole rings is 1. The molecule has 3 aromatic heterocycles. The molecule has 2 aliphatic heterocycles. The SMILES string of the molecule is Cc1c(Nc2nccc3cc(CN4CCC(C)C4)cnc23)cccc1-c1cccc(NC(=O)c2nc3c(n2C)CCN(C2CCC(C(=O)O)CC2)C3)c1Cl. The largest absolute Gasteiger partial charge is 0.481 e. The molecule has 3 N–H and O–H groups in total. The van der Waals surface area contributed by atoms with Gasteiger partial charge in [0.15, 0.2) is 11.6 Å². The summed E-state index contributed by atoms with van der Waals surface area (Å²) in [6.07, 6.45) is 8.97. The Kier molecular flexibility index (Phi) is 10.1. The fourth-order valence-electron chi connectivity index (χ4n) is 8.67. The van der Waals surface area contributed by atoms with Crippen molar-refractivity contribution in [2.24, 2.45) is 18.9 Å². The van der Waals surface area contributed by atoms with Gasteiger partial charge in [0.1, 0.15) is 5.52 Å². The van der Waals surface area contributed by atoms with Gasteiger partial charge in [-0.25, -0.2) is 9.97 Å². The summed E-state index contributed by atoms with van der Waals surface area (Å²) >= 11 is 7.07. The van der Waals surface area contributed by atoms with Crippen LogP contribution in [0.3, 0.4) is 0 Å². The van der Waals surface area contributed by atoms with Crippen molar-refractivity contribution >= 4 is 51.6 Å². The Morgan fingerprint density at radius 2 is 1.76 bits per heavy atom. The standard InChI is InChI=1S/C42H47ClN8O3/c1-25-15-18-50(22-25)23-27-20-29-14-17-44-39(38(29)45-21-27)46-33-8-4-6-31(26(33)2)32-7-5-9-34(37(32)43)48-41(52)40-47-35-24-51(19-16-36(35)49(40)3)30-12-10-28(11-13-30)42(53)54/h4-9,14,17,20-21,25,28,30H,10-13,15-16,18-19,22-24H2,1-3H3,(H,44,46)(H,48,52)(H,53,54). The summed E-state index contributed by atoms with van der Waals surface area (Å²) in [7, 11) is 1.89. The summed E-state index contributed by atoms with van der Waals surface area (Å²) in [5.41, 5.74) is 8.09. The number of carboxylic acids is 1. The number of aromatic nitrogens is 4. The number of carbonyl (C=O) groups is 2. The van der Waals surface area contributed by atoms with Gasteiger partial charge in [0.05, 0.1) is 22.3 Å². The number of aliphatic carboxylic acids is 1. The van der Waals surface area contributed by atoms with Crippen LogP contribution in [0.4, 0.5) is 17.2 Å². The molecule has 0 spiro atoms. The van der Waals surface area contributed by atoms with Crippen molar-refractivity contribution in [1.29, 1.82) is 0 Å². The maximum Gasteiger partial charge on any atom is 0.306 e. The minimum Gasteiger partial charge on any atom is -0.481 e. The molecule has 8 rings (SSSR count). The molecule has 1 saturated heterocycles. The van der Waals surface area contributed by atoms with Gasteiger partial charge in [-0.05, 0) is 92.4 Å². The first-order valence-electron chi connectivity index (χ1n) is 19.1. The first-order chi connectivity index (χ1) is 26.1. The second-order valence-electron chi connectivity index (χ2n) is 15.4. The number of rotatable bonds is 9. The van der Waals surface area contributed by atoms with Crippen LogP contribution in [0, 0.1) is 18.8 Å². The number of carboxylic acid groups (broad SMARTS) is 1. The number of anilines is 3. The second-order valence-corrected chi connectivity index (χ2v) is 15.8. The number of nitrogens with one attached hydrogen (secondary N) is 2. The Bertz CT molecular complexity index is 2230. The van der Waals surface area contributed by atoms with E-state index in [2.05, 4.69) is 38.4 Å². The molecule has 1 unspecified atom stereocenters. The van der Waals surface area contributed by atoms with Gasteiger partial charge in [0.2, 0.25) is 0 Å². The number of carbonyl (C=O) groups excluding carboxylic acids is 1. The lowest BCUT2D eigenvalue weighted by molar-refractivity contribution is -0.143. The van der Waals surface area contributed by atoms with E-state index in [9.17, 15) is 14.7 Å². The van der Waals surface area contributed by atoms with Crippen LogP contribution in [0.15, 0.2) is 60.9 Å². The van der Waals surface area contributed by atoms with E-state index in [1.165, 1.54) is 12.0 Å². The monoisotopic (exact) mass is 746 g/mol. The molecule has 1 atom stereocenters. The molecule has 280 valence electrons. The van der Waals surface area contributed by atoms with Crippen LogP contribution >= 0.6 is 11.6 Å². The third kappa shape index (κ3) is 7.20. The minimum atomic E-state index is -0.690. The zero-order valence-electron chi connectivity index (χ0n) is 31.1. The number of halogens is 1. The molecular formula is C42H47ClN8O3. The molecule has 12 heteroatoms. The normalized spacial score (nSPS) is 20.6. The van der Waals surface area contributed by atoms with Gasteiger partial charge in [0.25, 0.3) is 5.91 Å². The van der Waals surface area contributed by atoms with E-state index in [-0.39, 0.29) is 11.8 Å². The highest BCUT2D eigenvalue weighted by atomic mass is 35.5. The minimum absolute atomic E-state index is 0.242. The number of pyridine rings is 2. The van der Waals surface area contributed by atoms with E-state index < -0.39 is 5.97 Å². The topological polar surface area (TPSA) is 129 Å². The third-order valence-corrected chi connectivity index (χ3v) is 12.2. The van der Waals surface area contributed by atoms with Crippen LogP contribution in [-0.2, 0) is 31.4 Å². The molecule has 5 heterocycles. The molecule has 2 fully saturated rings. The average molecular weight is 747 g/mol. The third-order valence-electron chi connectivity index (χ3n) is 11.7. The Morgan fingerprint density at radius 3 is 2.52 bits per heavy atom. The van der Waals surface area contributed by atoms with Crippen molar-refractivity contribution < 1.29 is 14.7 Å². The van der Waals surface area contributed by atoms with E-state index in [0.29, 0.717) is 47.8 Å². The van der Waals surface area contributed by atoms with E-state index in [4.69, 9.17) is 21.6 Å². The number of hydrogen-bond acceptors (Lipinski definition) is 8. The number of likely N-dealkylation sites (tertiary alicyclic amines) is 1. The highest BCUT2D eigenvalue weighted by molar-refractivity contribution is 6.36. The van der Waals surface area contributed by atoms with E-state index in [0.717, 1.165) is 96.0 Å². The predicted molar refractivity (Wildman–Crippen MR) is 212 cm³/mol. The average Bonchev–Trinajstić information content (AvgIpc) is 3.74. The molecule has 0 bridgehead atoms. The van der Waals surface area contributed by atoms with E-state index in [1.807, 2.05) is 73.4 Å². The summed E-state index contributed by atoms with van der Waals surface area (Å²) < 4.78 is 1.89. The second kappa shape index (κ2) is 15.1. The molecule has 54 heavy (non-hydrogen) atoms. The van der Waals surface area contributed by atoms with Gasteiger partial charge < -0.3 is 20.3 Å². The van der Waals surface area contributed by atoms with Gasteiger partial charge in [-0.1, -0.05) is 42.8 Å². The van der Waals surface area contributed by atoms with Crippen LogP contribution in [-0.4, -0.2) is 72.0 Å². The molecule has 3 aliphatic rings. The Balaban J connectivity index is 0.978. The molecule has 11 nitrogen and oxygen atoms in total. The van der Waals surface area contributed by atoms with Crippen molar-refractivity contribution in [3.63, 3.8) is 0 Å². The number of benzene rings is 2. The number of nitrogens with zero attached hydrogens (tertiary/aromatic N) is 6. The zero-order valence-corrected chi connectivity index (χ0v) is 31.9. The summed E-state index contributed by atoms with van der Waals surface area (Å²) in [5.74, 6) is 0.518. The van der Waals surface area contributed by atoms with Gasteiger partial charge in [-0.15, -0.1) is 0 Å². The summed E-state index contributed by atoms with van der Waals surface area (Å²) in [6, 6.07) is 16.3. The lowest BCUT2D eigenvalue weighted by Crippen LogP contribution is -2.42. The molecule has 5 aromatic rings. The summed E-state index contributed by atoms with van der Waals surface area (Å²) in [5, 5.41) is 17.5. The highest BCUT2D eigenvalue weighted by Gasteiger charge is 2.33. The van der Waals surface area contributed by atoms with Crippen molar-refractivity contribution in [1.82, 2.24) is 29.3 Å². The van der Waals surface area contributed by atoms with Gasteiger partial charge in [-0.3, -0.25) is 24.4 Å². The molecular weight excluding hydrogens is 700 g/mol. The van der Waals surface area contributed by atoms with Crippen molar-refractivity contribution in [2.45, 2.75) is 71.5 Å². The van der Waals surface area contributed by atoms with Gasteiger partial charge in [-0.2, -0.15) is 0 Å². The smallest absolute Gasteiger partial charge is 0.306 e. The molecule has 1 amide bonds. The van der Waals surface area contributed by atoms with Crippen LogP contribution in [0.1, 0.15) is 72.2 Å². The Hall–Kier alpha value is -4.84. The fraction of sp³-hybridized carbons (Fsp3) is 0.405. The fourth-order valence-corrected chi connectivity index (χ4v) is 8.94. The predicted octanol–water partition coefficient (Wildman–Crippen LogP) is 7.83. The highest BCUT2D eigenvalue weighted by Crippen LogP contribution is 2.39. The van der Waals surface area contributed by atoms with Crippen LogP contribution in [0.2, 0.25) is 5.02 Å². The van der Waals surface area contributed by atoms with Crippen molar-refractivity contribution in [2.75, 3.05) is 30.3 Å². The van der Waals surface area contributed by atoms with E-state index >= 15 is 0 Å². The summed E-state index contributed by atoms with van der Waals surface area (Å²) in [4.78, 5) is 44.4. The first-order valence-corrected chi connectivity index (χ1v) is 19.4. The summed E-state index contributed by atoms with van der Waals surface area (Å²) in [6.45, 7) is 9.04. The van der Waals surface area contributed by atoms with Crippen LogP contribution in [0.5, 0.6) is 0 Å². The molecule has 2 aromatic carbocycles. The number of fused-ring (bicyclic) bond motifs is 2.